The van der Waals surface area contributed by atoms with Crippen molar-refractivity contribution in [2.24, 2.45) is 0 Å². The predicted molar refractivity (Wildman–Crippen MR) is 53.5 cm³/mol. The highest BCUT2D eigenvalue weighted by Crippen LogP contribution is 2.24. The first kappa shape index (κ1) is 10.6. The molecule has 0 atom stereocenters. The van der Waals surface area contributed by atoms with Crippen LogP contribution >= 0.6 is 23.2 Å². The Morgan fingerprint density at radius 1 is 1.38 bits per heavy atom. The lowest BCUT2D eigenvalue weighted by Gasteiger charge is -2.08. The molecule has 0 aliphatic rings. The third kappa shape index (κ3) is 3.07. The van der Waals surface area contributed by atoms with E-state index in [2.05, 4.69) is 0 Å². The second-order valence-corrected chi connectivity index (χ2v) is 3.14. The molecule has 0 fully saturated rings. The van der Waals surface area contributed by atoms with E-state index in [-0.39, 0.29) is 6.79 Å². The number of alkyl halides is 1. The lowest BCUT2D eigenvalue weighted by atomic mass is 10.2. The Hall–Kier alpha value is -0.440. The Bertz CT molecular complexity index is 276. The zero-order valence-electron chi connectivity index (χ0n) is 7.22. The summed E-state index contributed by atoms with van der Waals surface area (Å²) in [6.45, 7) is 0.199. The van der Waals surface area contributed by atoms with Crippen LogP contribution in [0.25, 0.3) is 0 Å². The molecule has 0 heterocycles. The minimum absolute atomic E-state index is 0.199. The van der Waals surface area contributed by atoms with E-state index in [1.165, 1.54) is 0 Å². The van der Waals surface area contributed by atoms with Crippen LogP contribution in [-0.4, -0.2) is 13.9 Å². The Morgan fingerprint density at radius 2 is 2.15 bits per heavy atom. The van der Waals surface area contributed by atoms with Gasteiger partial charge in [-0.15, -0.1) is 11.6 Å². The molecule has 0 aliphatic carbocycles. The maximum absolute atomic E-state index is 5.79. The number of methoxy groups -OCH3 is 1. The first-order chi connectivity index (χ1) is 6.27. The number of rotatable bonds is 4. The van der Waals surface area contributed by atoms with Gasteiger partial charge in [0.15, 0.2) is 6.79 Å². The molecule has 13 heavy (non-hydrogen) atoms. The Labute approximate surface area is 87.4 Å². The SMILES string of the molecule is COCOc1cc(Cl)ccc1CCl. The van der Waals surface area contributed by atoms with Gasteiger partial charge in [-0.1, -0.05) is 17.7 Å². The van der Waals surface area contributed by atoms with Crippen LogP contribution in [0.5, 0.6) is 5.75 Å². The summed E-state index contributed by atoms with van der Waals surface area (Å²) in [5.74, 6) is 1.07. The van der Waals surface area contributed by atoms with E-state index >= 15 is 0 Å². The summed E-state index contributed by atoms with van der Waals surface area (Å²) >= 11 is 11.5. The first-order valence-electron chi connectivity index (χ1n) is 3.74. The summed E-state index contributed by atoms with van der Waals surface area (Å²) in [6.07, 6.45) is 0. The van der Waals surface area contributed by atoms with E-state index in [4.69, 9.17) is 32.7 Å². The maximum atomic E-state index is 5.79. The van der Waals surface area contributed by atoms with Crippen LogP contribution in [0.15, 0.2) is 18.2 Å². The van der Waals surface area contributed by atoms with Gasteiger partial charge in [-0.25, -0.2) is 0 Å². The fourth-order valence-electron chi connectivity index (χ4n) is 0.896. The van der Waals surface area contributed by atoms with Gasteiger partial charge in [-0.3, -0.25) is 0 Å². The molecule has 0 spiro atoms. The lowest BCUT2D eigenvalue weighted by Crippen LogP contribution is -2.00. The van der Waals surface area contributed by atoms with Gasteiger partial charge in [-0.05, 0) is 12.1 Å². The summed E-state index contributed by atoms with van der Waals surface area (Å²) in [6, 6.07) is 5.33. The van der Waals surface area contributed by atoms with E-state index < -0.39 is 0 Å². The van der Waals surface area contributed by atoms with Gasteiger partial charge < -0.3 is 9.47 Å². The van der Waals surface area contributed by atoms with Crippen LogP contribution in [0.2, 0.25) is 5.02 Å². The largest absolute Gasteiger partial charge is 0.467 e. The van der Waals surface area contributed by atoms with Gasteiger partial charge in [0.05, 0.1) is 5.88 Å². The highest BCUT2D eigenvalue weighted by molar-refractivity contribution is 6.30. The van der Waals surface area contributed by atoms with Gasteiger partial charge in [-0.2, -0.15) is 0 Å². The molecular formula is C9H10Cl2O2. The topological polar surface area (TPSA) is 18.5 Å². The number of hydrogen-bond donors (Lipinski definition) is 0. The van der Waals surface area contributed by atoms with Crippen molar-refractivity contribution in [3.8, 4) is 5.75 Å². The maximum Gasteiger partial charge on any atom is 0.188 e. The van der Waals surface area contributed by atoms with E-state index in [1.807, 2.05) is 6.07 Å². The molecule has 0 aliphatic heterocycles. The van der Waals surface area contributed by atoms with Crippen molar-refractivity contribution in [3.05, 3.63) is 28.8 Å². The van der Waals surface area contributed by atoms with E-state index in [9.17, 15) is 0 Å². The minimum Gasteiger partial charge on any atom is -0.467 e. The van der Waals surface area contributed by atoms with Crippen LogP contribution in [0, 0.1) is 0 Å². The number of ether oxygens (including phenoxy) is 2. The normalized spacial score (nSPS) is 10.1. The molecule has 2 nitrogen and oxygen atoms in total. The van der Waals surface area contributed by atoms with Crippen molar-refractivity contribution in [1.29, 1.82) is 0 Å². The number of hydrogen-bond acceptors (Lipinski definition) is 2. The van der Waals surface area contributed by atoms with Gasteiger partial charge in [0.25, 0.3) is 0 Å². The summed E-state index contributed by atoms with van der Waals surface area (Å²) in [5.41, 5.74) is 0.906. The number of benzene rings is 1. The second-order valence-electron chi connectivity index (χ2n) is 2.44. The van der Waals surface area contributed by atoms with E-state index in [0.717, 1.165) is 5.56 Å². The molecule has 0 radical (unpaired) electrons. The standard InChI is InChI=1S/C9H10Cl2O2/c1-12-6-13-9-4-8(11)3-2-7(9)5-10/h2-4H,5-6H2,1H3. The molecule has 72 valence electrons. The molecule has 0 saturated carbocycles. The van der Waals surface area contributed by atoms with Crippen LogP contribution in [0.4, 0.5) is 0 Å². The zero-order valence-corrected chi connectivity index (χ0v) is 8.73. The highest BCUT2D eigenvalue weighted by Gasteiger charge is 2.02. The van der Waals surface area contributed by atoms with Crippen LogP contribution in [0.3, 0.4) is 0 Å². The Morgan fingerprint density at radius 3 is 2.77 bits per heavy atom. The monoisotopic (exact) mass is 220 g/mol. The van der Waals surface area contributed by atoms with E-state index in [1.54, 1.807) is 19.2 Å². The van der Waals surface area contributed by atoms with Crippen molar-refractivity contribution in [2.75, 3.05) is 13.9 Å². The second kappa shape index (κ2) is 5.32. The summed E-state index contributed by atoms with van der Waals surface area (Å²) in [4.78, 5) is 0. The van der Waals surface area contributed by atoms with E-state index in [0.29, 0.717) is 16.7 Å². The Balaban J connectivity index is 2.81. The predicted octanol–water partition coefficient (Wildman–Crippen LogP) is 3.06. The van der Waals surface area contributed by atoms with Crippen molar-refractivity contribution >= 4 is 23.2 Å². The molecule has 0 saturated heterocycles. The molecule has 0 aromatic heterocycles. The quantitative estimate of drug-likeness (QED) is 0.574. The smallest absolute Gasteiger partial charge is 0.188 e. The molecular weight excluding hydrogens is 211 g/mol. The van der Waals surface area contributed by atoms with Crippen molar-refractivity contribution in [2.45, 2.75) is 5.88 Å². The summed E-state index contributed by atoms with van der Waals surface area (Å²) in [7, 11) is 1.56. The third-order valence-corrected chi connectivity index (χ3v) is 2.03. The van der Waals surface area contributed by atoms with Crippen LogP contribution in [-0.2, 0) is 10.6 Å². The Kier molecular flexibility index (Phi) is 4.36. The van der Waals surface area contributed by atoms with Crippen LogP contribution < -0.4 is 4.74 Å². The van der Waals surface area contributed by atoms with Gasteiger partial charge >= 0.3 is 0 Å². The lowest BCUT2D eigenvalue weighted by molar-refractivity contribution is 0.0506. The molecule has 0 N–H and O–H groups in total. The minimum atomic E-state index is 0.199. The molecule has 0 amide bonds. The summed E-state index contributed by atoms with van der Waals surface area (Å²) in [5, 5.41) is 0.625. The van der Waals surface area contributed by atoms with Gasteiger partial charge in [0.2, 0.25) is 0 Å². The molecule has 1 aromatic carbocycles. The van der Waals surface area contributed by atoms with Crippen molar-refractivity contribution in [3.63, 3.8) is 0 Å². The van der Waals surface area contributed by atoms with Gasteiger partial charge in [0, 0.05) is 17.7 Å². The zero-order chi connectivity index (χ0) is 9.68. The third-order valence-electron chi connectivity index (χ3n) is 1.51. The fourth-order valence-corrected chi connectivity index (χ4v) is 1.28. The van der Waals surface area contributed by atoms with Crippen molar-refractivity contribution < 1.29 is 9.47 Å². The van der Waals surface area contributed by atoms with Crippen molar-refractivity contribution in [1.82, 2.24) is 0 Å². The molecule has 1 rings (SSSR count). The van der Waals surface area contributed by atoms with Crippen LogP contribution in [0.1, 0.15) is 5.56 Å². The fraction of sp³-hybridized carbons (Fsp3) is 0.333. The average Bonchev–Trinajstić information content (AvgIpc) is 2.15. The average molecular weight is 221 g/mol. The molecule has 0 bridgehead atoms. The first-order valence-corrected chi connectivity index (χ1v) is 4.65. The summed E-state index contributed by atoms with van der Waals surface area (Å²) < 4.78 is 10.0. The molecule has 1 aromatic rings. The number of halogens is 2. The molecule has 4 heteroatoms. The van der Waals surface area contributed by atoms with Gasteiger partial charge in [0.1, 0.15) is 5.75 Å². The highest BCUT2D eigenvalue weighted by atomic mass is 35.5. The molecule has 0 unspecified atom stereocenters.